The molecule has 0 amide bonds. The molecule has 3 heterocycles. The Balaban J connectivity index is 2.21. The number of nitrogens with one attached hydrogen (secondary N) is 1. The Kier molecular flexibility index (Phi) is 1.50. The van der Waals surface area contributed by atoms with Crippen molar-refractivity contribution < 1.29 is 9.90 Å². The number of nitrogens with zero attached hydrogens (tertiary/aromatic N) is 2. The van der Waals surface area contributed by atoms with E-state index in [0.29, 0.717) is 30.1 Å². The lowest BCUT2D eigenvalue weighted by Gasteiger charge is -2.29. The van der Waals surface area contributed by atoms with Crippen LogP contribution in [0.3, 0.4) is 0 Å². The van der Waals surface area contributed by atoms with E-state index >= 15 is 0 Å². The van der Waals surface area contributed by atoms with Crippen molar-refractivity contribution in [3.8, 4) is 0 Å². The van der Waals surface area contributed by atoms with Crippen LogP contribution in [0.1, 0.15) is 16.8 Å². The van der Waals surface area contributed by atoms with Gasteiger partial charge in [-0.1, -0.05) is 0 Å². The Morgan fingerprint density at radius 3 is 3.27 bits per heavy atom. The highest BCUT2D eigenvalue weighted by Crippen LogP contribution is 2.32. The van der Waals surface area contributed by atoms with Crippen LogP contribution in [0, 0.1) is 0 Å². The second-order valence-corrected chi connectivity index (χ2v) is 3.72. The Labute approximate surface area is 85.9 Å². The third-order valence-electron chi connectivity index (χ3n) is 2.83. The number of ketones is 1. The molecule has 1 aromatic rings. The predicted octanol–water partition coefficient (Wildman–Crippen LogP) is 0.223. The Bertz CT molecular complexity index is 483. The molecule has 0 saturated carbocycles. The number of fused-ring (bicyclic) bond motifs is 2. The molecule has 76 valence electrons. The van der Waals surface area contributed by atoms with E-state index in [9.17, 15) is 9.90 Å². The second kappa shape index (κ2) is 2.64. The van der Waals surface area contributed by atoms with Crippen LogP contribution in [-0.2, 0) is 0 Å². The third kappa shape index (κ3) is 0.979. The maximum Gasteiger partial charge on any atom is 0.204 e. The number of aliphatic imine (C=N–C) groups is 1. The fourth-order valence-corrected chi connectivity index (χ4v) is 1.99. The summed E-state index contributed by atoms with van der Waals surface area (Å²) in [6, 6.07) is 1.61. The van der Waals surface area contributed by atoms with Gasteiger partial charge in [0.1, 0.15) is 5.84 Å². The van der Waals surface area contributed by atoms with Gasteiger partial charge in [-0.3, -0.25) is 14.8 Å². The molecule has 3 rings (SSSR count). The molecule has 1 atom stereocenters. The molecule has 2 aliphatic rings. The predicted molar refractivity (Wildman–Crippen MR) is 54.1 cm³/mol. The van der Waals surface area contributed by atoms with Crippen molar-refractivity contribution in [2.45, 2.75) is 12.0 Å². The smallest absolute Gasteiger partial charge is 0.204 e. The first-order chi connectivity index (χ1) is 7.22. The summed E-state index contributed by atoms with van der Waals surface area (Å²) in [5, 5.41) is 13.1. The summed E-state index contributed by atoms with van der Waals surface area (Å²) in [5.41, 5.74) is -0.338. The van der Waals surface area contributed by atoms with E-state index in [1.54, 1.807) is 18.5 Å². The first-order valence-corrected chi connectivity index (χ1v) is 4.75. The summed E-state index contributed by atoms with van der Waals surface area (Å²) in [5.74, 6) is 0.0721. The van der Waals surface area contributed by atoms with Gasteiger partial charge in [0, 0.05) is 24.7 Å². The maximum atomic E-state index is 12.0. The SMILES string of the molecule is O=C1c2ccncc2NC2=NCCC12O. The van der Waals surface area contributed by atoms with Crippen LogP contribution >= 0.6 is 0 Å². The zero-order valence-electron chi connectivity index (χ0n) is 7.90. The monoisotopic (exact) mass is 203 g/mol. The molecule has 2 aliphatic heterocycles. The number of rotatable bonds is 0. The van der Waals surface area contributed by atoms with Crippen molar-refractivity contribution in [2.75, 3.05) is 11.9 Å². The number of carbonyl (C=O) groups is 1. The molecule has 5 nitrogen and oxygen atoms in total. The molecule has 1 aromatic heterocycles. The average molecular weight is 203 g/mol. The number of aromatic nitrogens is 1. The van der Waals surface area contributed by atoms with Crippen molar-refractivity contribution in [1.82, 2.24) is 4.98 Å². The molecule has 15 heavy (non-hydrogen) atoms. The lowest BCUT2D eigenvalue weighted by molar-refractivity contribution is 0.0596. The number of aliphatic hydroxyl groups is 1. The Hall–Kier alpha value is -1.75. The highest BCUT2D eigenvalue weighted by Gasteiger charge is 2.48. The van der Waals surface area contributed by atoms with Gasteiger partial charge in [-0.15, -0.1) is 0 Å². The van der Waals surface area contributed by atoms with E-state index in [-0.39, 0.29) is 5.78 Å². The van der Waals surface area contributed by atoms with E-state index in [4.69, 9.17) is 0 Å². The van der Waals surface area contributed by atoms with Gasteiger partial charge < -0.3 is 10.4 Å². The molecule has 0 radical (unpaired) electrons. The zero-order valence-corrected chi connectivity index (χ0v) is 7.90. The lowest BCUT2D eigenvalue weighted by Crippen LogP contribution is -2.50. The van der Waals surface area contributed by atoms with Gasteiger partial charge in [0.05, 0.1) is 11.9 Å². The number of carbonyl (C=O) groups excluding carboxylic acids is 1. The summed E-state index contributed by atoms with van der Waals surface area (Å²) in [6.07, 6.45) is 3.46. The van der Waals surface area contributed by atoms with E-state index in [0.717, 1.165) is 0 Å². The maximum absolute atomic E-state index is 12.0. The van der Waals surface area contributed by atoms with Crippen molar-refractivity contribution in [3.05, 3.63) is 24.0 Å². The normalized spacial score (nSPS) is 27.8. The molecule has 0 fully saturated rings. The second-order valence-electron chi connectivity index (χ2n) is 3.72. The lowest BCUT2D eigenvalue weighted by atomic mass is 9.87. The van der Waals surface area contributed by atoms with E-state index in [2.05, 4.69) is 15.3 Å². The number of pyridine rings is 1. The topological polar surface area (TPSA) is 74.6 Å². The van der Waals surface area contributed by atoms with Gasteiger partial charge in [-0.2, -0.15) is 0 Å². The fourth-order valence-electron chi connectivity index (χ4n) is 1.99. The van der Waals surface area contributed by atoms with Crippen molar-refractivity contribution in [1.29, 1.82) is 0 Å². The van der Waals surface area contributed by atoms with Crippen LogP contribution < -0.4 is 5.32 Å². The van der Waals surface area contributed by atoms with E-state index in [1.165, 1.54) is 0 Å². The minimum atomic E-state index is -1.44. The molecule has 0 aliphatic carbocycles. The first kappa shape index (κ1) is 8.55. The molecule has 0 spiro atoms. The molecule has 5 heteroatoms. The van der Waals surface area contributed by atoms with E-state index < -0.39 is 5.60 Å². The number of Topliss-reactive ketones (excluding diaryl/α,β-unsaturated/α-hetero) is 1. The number of amidine groups is 1. The highest BCUT2D eigenvalue weighted by molar-refractivity contribution is 6.28. The first-order valence-electron chi connectivity index (χ1n) is 4.75. The number of hydrogen-bond donors (Lipinski definition) is 2. The molecule has 1 unspecified atom stereocenters. The van der Waals surface area contributed by atoms with Crippen molar-refractivity contribution in [2.24, 2.45) is 4.99 Å². The number of hydrogen-bond acceptors (Lipinski definition) is 5. The van der Waals surface area contributed by atoms with Gasteiger partial charge in [0.2, 0.25) is 5.78 Å². The Morgan fingerprint density at radius 1 is 1.53 bits per heavy atom. The van der Waals surface area contributed by atoms with Crippen LogP contribution in [0.4, 0.5) is 5.69 Å². The summed E-state index contributed by atoms with van der Waals surface area (Å²) >= 11 is 0. The largest absolute Gasteiger partial charge is 0.374 e. The summed E-state index contributed by atoms with van der Waals surface area (Å²) < 4.78 is 0. The quantitative estimate of drug-likeness (QED) is 0.632. The molecule has 0 bridgehead atoms. The van der Waals surface area contributed by atoms with Crippen LogP contribution in [0.15, 0.2) is 23.5 Å². The standard InChI is InChI=1S/C10H9N3O2/c14-8-6-1-3-11-5-7(6)13-9-10(8,15)2-4-12-9/h1,3,5,15H,2,4H2,(H,12,13). The summed E-state index contributed by atoms with van der Waals surface area (Å²) in [7, 11) is 0. The minimum absolute atomic E-state index is 0.282. The van der Waals surface area contributed by atoms with Crippen LogP contribution in [0.25, 0.3) is 0 Å². The Morgan fingerprint density at radius 2 is 2.40 bits per heavy atom. The van der Waals surface area contributed by atoms with Gasteiger partial charge in [0.25, 0.3) is 0 Å². The van der Waals surface area contributed by atoms with Crippen molar-refractivity contribution in [3.63, 3.8) is 0 Å². The average Bonchev–Trinajstić information content (AvgIpc) is 2.62. The van der Waals surface area contributed by atoms with Crippen LogP contribution in [0.2, 0.25) is 0 Å². The van der Waals surface area contributed by atoms with Gasteiger partial charge in [0.15, 0.2) is 5.60 Å². The zero-order chi connectivity index (χ0) is 10.5. The van der Waals surface area contributed by atoms with Crippen LogP contribution in [0.5, 0.6) is 0 Å². The summed E-state index contributed by atoms with van der Waals surface area (Å²) in [4.78, 5) is 20.0. The molecule has 0 saturated heterocycles. The fraction of sp³-hybridized carbons (Fsp3) is 0.300. The number of anilines is 1. The summed E-state index contributed by atoms with van der Waals surface area (Å²) in [6.45, 7) is 0.478. The van der Waals surface area contributed by atoms with E-state index in [1.807, 2.05) is 0 Å². The third-order valence-corrected chi connectivity index (χ3v) is 2.83. The van der Waals surface area contributed by atoms with Gasteiger partial charge >= 0.3 is 0 Å². The van der Waals surface area contributed by atoms with Crippen molar-refractivity contribution >= 4 is 17.3 Å². The van der Waals surface area contributed by atoms with Gasteiger partial charge in [-0.05, 0) is 6.07 Å². The van der Waals surface area contributed by atoms with Crippen LogP contribution in [-0.4, -0.2) is 33.9 Å². The van der Waals surface area contributed by atoms with Gasteiger partial charge in [-0.25, -0.2) is 0 Å². The molecule has 2 N–H and O–H groups in total. The molecule has 0 aromatic carbocycles. The molecular formula is C10H9N3O2. The molecular weight excluding hydrogens is 194 g/mol. The minimum Gasteiger partial charge on any atom is -0.374 e. The highest BCUT2D eigenvalue weighted by atomic mass is 16.3.